The molecule has 0 aliphatic heterocycles. The Bertz CT molecular complexity index is 512. The maximum Gasteiger partial charge on any atom is 0.243 e. The molecule has 1 aromatic rings. The molecular weight excluding hydrogens is 304 g/mol. The maximum absolute atomic E-state index is 11.7. The molecule has 0 aliphatic carbocycles. The Morgan fingerprint density at radius 2 is 1.83 bits per heavy atom. The van der Waals surface area contributed by atoms with Crippen molar-refractivity contribution in [1.82, 2.24) is 15.5 Å². The van der Waals surface area contributed by atoms with Crippen molar-refractivity contribution in [3.05, 3.63) is 29.8 Å². The highest BCUT2D eigenvalue weighted by molar-refractivity contribution is 5.84. The van der Waals surface area contributed by atoms with Crippen molar-refractivity contribution in [3.8, 4) is 5.75 Å². The molecule has 0 radical (unpaired) electrons. The Labute approximate surface area is 145 Å². The van der Waals surface area contributed by atoms with Crippen molar-refractivity contribution < 1.29 is 9.53 Å². The van der Waals surface area contributed by atoms with Gasteiger partial charge in [0.1, 0.15) is 18.9 Å². The molecular formula is C18H30N4O2. The van der Waals surface area contributed by atoms with Gasteiger partial charge in [-0.05, 0) is 25.5 Å². The van der Waals surface area contributed by atoms with Crippen LogP contribution in [0.1, 0.15) is 25.3 Å². The normalized spacial score (nSPS) is 11.1. The molecule has 0 aromatic heterocycles. The van der Waals surface area contributed by atoms with Crippen LogP contribution in [0, 0.1) is 6.92 Å². The van der Waals surface area contributed by atoms with E-state index in [1.165, 1.54) is 10.5 Å². The van der Waals surface area contributed by atoms with E-state index in [0.29, 0.717) is 19.1 Å². The number of carbonyl (C=O) groups is 1. The fraction of sp³-hybridized carbons (Fsp3) is 0.556. The van der Waals surface area contributed by atoms with Crippen molar-refractivity contribution >= 4 is 11.9 Å². The lowest BCUT2D eigenvalue weighted by Gasteiger charge is -2.14. The smallest absolute Gasteiger partial charge is 0.243 e. The SMILES string of the molecule is CCCCNC(=NCC(=O)N(C)C)NCCOc1ccc(C)cc1. The average molecular weight is 334 g/mol. The molecule has 0 atom stereocenters. The van der Waals surface area contributed by atoms with Gasteiger partial charge in [-0.25, -0.2) is 4.99 Å². The second kappa shape index (κ2) is 11.3. The van der Waals surface area contributed by atoms with E-state index in [1.54, 1.807) is 14.1 Å². The number of hydrogen-bond acceptors (Lipinski definition) is 3. The number of nitrogens with zero attached hydrogens (tertiary/aromatic N) is 2. The highest BCUT2D eigenvalue weighted by Crippen LogP contribution is 2.10. The Morgan fingerprint density at radius 3 is 2.46 bits per heavy atom. The number of aliphatic imine (C=N–C) groups is 1. The summed E-state index contributed by atoms with van der Waals surface area (Å²) in [6.45, 7) is 6.29. The van der Waals surface area contributed by atoms with Crippen LogP contribution in [0.4, 0.5) is 0 Å². The van der Waals surface area contributed by atoms with E-state index in [1.807, 2.05) is 31.2 Å². The minimum Gasteiger partial charge on any atom is -0.492 e. The van der Waals surface area contributed by atoms with Gasteiger partial charge in [-0.3, -0.25) is 4.79 Å². The molecule has 0 saturated heterocycles. The van der Waals surface area contributed by atoms with Crippen LogP contribution in [0.25, 0.3) is 0 Å². The van der Waals surface area contributed by atoms with Gasteiger partial charge in [0.2, 0.25) is 5.91 Å². The van der Waals surface area contributed by atoms with Crippen molar-refractivity contribution in [3.63, 3.8) is 0 Å². The lowest BCUT2D eigenvalue weighted by atomic mass is 10.2. The van der Waals surface area contributed by atoms with Crippen LogP contribution >= 0.6 is 0 Å². The minimum absolute atomic E-state index is 0.0255. The predicted molar refractivity (Wildman–Crippen MR) is 98.6 cm³/mol. The monoisotopic (exact) mass is 334 g/mol. The van der Waals surface area contributed by atoms with E-state index < -0.39 is 0 Å². The predicted octanol–water partition coefficient (Wildman–Crippen LogP) is 1.80. The number of nitrogens with one attached hydrogen (secondary N) is 2. The van der Waals surface area contributed by atoms with Crippen LogP contribution in [0.15, 0.2) is 29.3 Å². The van der Waals surface area contributed by atoms with Crippen molar-refractivity contribution in [2.45, 2.75) is 26.7 Å². The summed E-state index contributed by atoms with van der Waals surface area (Å²) in [5.41, 5.74) is 1.21. The maximum atomic E-state index is 11.7. The van der Waals surface area contributed by atoms with Crippen LogP contribution in [0.3, 0.4) is 0 Å². The number of benzene rings is 1. The molecule has 1 amide bonds. The van der Waals surface area contributed by atoms with E-state index in [9.17, 15) is 4.79 Å². The zero-order valence-electron chi connectivity index (χ0n) is 15.3. The summed E-state index contributed by atoms with van der Waals surface area (Å²) in [6, 6.07) is 7.96. The van der Waals surface area contributed by atoms with Crippen LogP contribution in [-0.2, 0) is 4.79 Å². The topological polar surface area (TPSA) is 66.0 Å². The zero-order valence-corrected chi connectivity index (χ0v) is 15.3. The number of unbranched alkanes of at least 4 members (excludes halogenated alkanes) is 1. The molecule has 0 bridgehead atoms. The molecule has 0 unspecified atom stereocenters. The van der Waals surface area contributed by atoms with Gasteiger partial charge in [-0.1, -0.05) is 31.0 Å². The summed E-state index contributed by atoms with van der Waals surface area (Å²) < 4.78 is 5.68. The summed E-state index contributed by atoms with van der Waals surface area (Å²) in [4.78, 5) is 17.5. The number of amides is 1. The second-order valence-corrected chi connectivity index (χ2v) is 5.82. The van der Waals surface area contributed by atoms with E-state index >= 15 is 0 Å². The Morgan fingerprint density at radius 1 is 1.17 bits per heavy atom. The van der Waals surface area contributed by atoms with Crippen molar-refractivity contribution in [2.24, 2.45) is 4.99 Å². The average Bonchev–Trinajstić information content (AvgIpc) is 2.57. The Kier molecular flexibility index (Phi) is 9.34. The minimum atomic E-state index is -0.0255. The number of rotatable bonds is 9. The summed E-state index contributed by atoms with van der Waals surface area (Å²) >= 11 is 0. The largest absolute Gasteiger partial charge is 0.492 e. The lowest BCUT2D eigenvalue weighted by Crippen LogP contribution is -2.40. The van der Waals surface area contributed by atoms with Gasteiger partial charge in [0, 0.05) is 20.6 Å². The summed E-state index contributed by atoms with van der Waals surface area (Å²) in [6.07, 6.45) is 2.16. The highest BCUT2D eigenvalue weighted by atomic mass is 16.5. The van der Waals surface area contributed by atoms with Crippen LogP contribution in [-0.4, -0.2) is 57.1 Å². The van der Waals surface area contributed by atoms with E-state index in [0.717, 1.165) is 25.1 Å². The fourth-order valence-electron chi connectivity index (χ4n) is 1.82. The molecule has 2 N–H and O–H groups in total. The van der Waals surface area contributed by atoms with E-state index in [-0.39, 0.29) is 12.5 Å². The number of hydrogen-bond donors (Lipinski definition) is 2. The third-order valence-electron chi connectivity index (χ3n) is 3.38. The van der Waals surface area contributed by atoms with Gasteiger partial charge in [0.25, 0.3) is 0 Å². The van der Waals surface area contributed by atoms with Crippen molar-refractivity contribution in [2.75, 3.05) is 40.3 Å². The van der Waals surface area contributed by atoms with Crippen molar-refractivity contribution in [1.29, 1.82) is 0 Å². The van der Waals surface area contributed by atoms with Gasteiger partial charge in [0.05, 0.1) is 6.54 Å². The molecule has 0 fully saturated rings. The summed E-state index contributed by atoms with van der Waals surface area (Å²) in [7, 11) is 3.45. The number of guanidine groups is 1. The highest BCUT2D eigenvalue weighted by Gasteiger charge is 2.04. The lowest BCUT2D eigenvalue weighted by molar-refractivity contribution is -0.127. The molecule has 0 saturated carbocycles. The first-order valence-electron chi connectivity index (χ1n) is 8.44. The van der Waals surface area contributed by atoms with Gasteiger partial charge in [-0.15, -0.1) is 0 Å². The zero-order chi connectivity index (χ0) is 17.8. The molecule has 0 heterocycles. The number of ether oxygens (including phenoxy) is 1. The first kappa shape index (κ1) is 19.8. The van der Waals surface area contributed by atoms with Gasteiger partial charge < -0.3 is 20.3 Å². The standard InChI is InChI=1S/C18H30N4O2/c1-5-6-11-19-18(21-14-17(23)22(3)4)20-12-13-24-16-9-7-15(2)8-10-16/h7-10H,5-6,11-14H2,1-4H3,(H2,19,20,21). The number of likely N-dealkylation sites (N-methyl/N-ethyl adjacent to an activating group) is 1. The first-order chi connectivity index (χ1) is 11.5. The van der Waals surface area contributed by atoms with E-state index in [4.69, 9.17) is 4.74 Å². The molecule has 6 nitrogen and oxygen atoms in total. The van der Waals surface area contributed by atoms with Crippen LogP contribution in [0.2, 0.25) is 0 Å². The molecule has 134 valence electrons. The third kappa shape index (κ3) is 8.41. The number of carbonyl (C=O) groups excluding carboxylic acids is 1. The van der Waals surface area contributed by atoms with Crippen LogP contribution < -0.4 is 15.4 Å². The van der Waals surface area contributed by atoms with E-state index in [2.05, 4.69) is 22.5 Å². The quantitative estimate of drug-likeness (QED) is 0.411. The molecule has 6 heteroatoms. The fourth-order valence-corrected chi connectivity index (χ4v) is 1.82. The summed E-state index contributed by atoms with van der Waals surface area (Å²) in [5, 5.41) is 6.43. The molecule has 1 aromatic carbocycles. The van der Waals surface area contributed by atoms with Gasteiger partial charge in [0.15, 0.2) is 5.96 Å². The summed E-state index contributed by atoms with van der Waals surface area (Å²) in [5.74, 6) is 1.47. The second-order valence-electron chi connectivity index (χ2n) is 5.82. The van der Waals surface area contributed by atoms with Crippen LogP contribution in [0.5, 0.6) is 5.75 Å². The third-order valence-corrected chi connectivity index (χ3v) is 3.38. The Balaban J connectivity index is 2.40. The molecule has 0 spiro atoms. The molecule has 24 heavy (non-hydrogen) atoms. The Hall–Kier alpha value is -2.24. The van der Waals surface area contributed by atoms with Gasteiger partial charge in [-0.2, -0.15) is 0 Å². The van der Waals surface area contributed by atoms with Gasteiger partial charge >= 0.3 is 0 Å². The first-order valence-corrected chi connectivity index (χ1v) is 8.44. The molecule has 0 aliphatic rings. The molecule has 1 rings (SSSR count). The number of aryl methyl sites for hydroxylation is 1.